The molecule has 4 heteroatoms. The van der Waals surface area contributed by atoms with Gasteiger partial charge in [0.15, 0.2) is 5.76 Å². The molecule has 4 nitrogen and oxygen atoms in total. The zero-order chi connectivity index (χ0) is 20.9. The van der Waals surface area contributed by atoms with Gasteiger partial charge in [-0.05, 0) is 61.8 Å². The van der Waals surface area contributed by atoms with Crippen molar-refractivity contribution < 1.29 is 18.7 Å². The second-order valence-corrected chi connectivity index (χ2v) is 7.54. The van der Waals surface area contributed by atoms with Crippen molar-refractivity contribution in [2.75, 3.05) is 6.61 Å². The highest BCUT2D eigenvalue weighted by molar-refractivity contribution is 5.71. The summed E-state index contributed by atoms with van der Waals surface area (Å²) < 4.78 is 16.7. The molecule has 0 saturated heterocycles. The molecule has 0 amide bonds. The van der Waals surface area contributed by atoms with Gasteiger partial charge in [0.2, 0.25) is 0 Å². The minimum absolute atomic E-state index is 0.154. The van der Waals surface area contributed by atoms with E-state index in [0.29, 0.717) is 12.2 Å². The van der Waals surface area contributed by atoms with Crippen LogP contribution >= 0.6 is 0 Å². The van der Waals surface area contributed by atoms with Gasteiger partial charge < -0.3 is 13.9 Å². The third-order valence-corrected chi connectivity index (χ3v) is 5.92. The standard InChI is InChI=1S/C25H30O4/c1-5-9-23(26)29-24-13-12-20(28-24)11-10-19-16-21-22(17-18(19)6-2)27-15-14-25(21,7-3)8-4/h12-13,16-17H,5-9,14-15H2,1-4H3. The van der Waals surface area contributed by atoms with E-state index in [0.717, 1.165) is 50.0 Å². The van der Waals surface area contributed by atoms with Crippen molar-refractivity contribution in [1.29, 1.82) is 0 Å². The molecule has 1 aromatic carbocycles. The van der Waals surface area contributed by atoms with E-state index in [4.69, 9.17) is 13.9 Å². The summed E-state index contributed by atoms with van der Waals surface area (Å²) in [5.74, 6) is 7.74. The first kappa shape index (κ1) is 21.0. The summed E-state index contributed by atoms with van der Waals surface area (Å²) in [6.45, 7) is 9.33. The fourth-order valence-electron chi connectivity index (χ4n) is 3.98. The quantitative estimate of drug-likeness (QED) is 0.460. The third-order valence-electron chi connectivity index (χ3n) is 5.92. The molecule has 0 saturated carbocycles. The number of furan rings is 1. The molecule has 0 atom stereocenters. The molecular weight excluding hydrogens is 364 g/mol. The Morgan fingerprint density at radius 2 is 1.93 bits per heavy atom. The van der Waals surface area contributed by atoms with Crippen LogP contribution in [0.5, 0.6) is 11.7 Å². The lowest BCUT2D eigenvalue weighted by molar-refractivity contribution is -0.135. The van der Waals surface area contributed by atoms with Crippen LogP contribution in [0.25, 0.3) is 0 Å². The van der Waals surface area contributed by atoms with Gasteiger partial charge in [-0.2, -0.15) is 0 Å². The molecule has 3 rings (SSSR count). The third kappa shape index (κ3) is 4.50. The zero-order valence-electron chi connectivity index (χ0n) is 17.9. The van der Waals surface area contributed by atoms with Crippen LogP contribution in [0, 0.1) is 11.8 Å². The monoisotopic (exact) mass is 394 g/mol. The molecular formula is C25H30O4. The van der Waals surface area contributed by atoms with Crippen LogP contribution in [0.2, 0.25) is 0 Å². The van der Waals surface area contributed by atoms with Crippen LogP contribution in [0.1, 0.15) is 82.2 Å². The second kappa shape index (κ2) is 9.22. The van der Waals surface area contributed by atoms with Gasteiger partial charge in [0.05, 0.1) is 6.61 Å². The average molecular weight is 395 g/mol. The maximum atomic E-state index is 11.6. The molecule has 2 aromatic rings. The van der Waals surface area contributed by atoms with E-state index in [1.807, 2.05) is 6.92 Å². The van der Waals surface area contributed by atoms with Gasteiger partial charge in [0.25, 0.3) is 5.95 Å². The Kier molecular flexibility index (Phi) is 6.69. The summed E-state index contributed by atoms with van der Waals surface area (Å²) >= 11 is 0. The summed E-state index contributed by atoms with van der Waals surface area (Å²) in [6.07, 6.45) is 5.20. The Labute approximate surface area is 173 Å². The molecule has 2 heterocycles. The Balaban J connectivity index is 1.91. The lowest BCUT2D eigenvalue weighted by atomic mass is 9.71. The summed E-state index contributed by atoms with van der Waals surface area (Å²) in [7, 11) is 0. The lowest BCUT2D eigenvalue weighted by Gasteiger charge is -2.38. The van der Waals surface area contributed by atoms with E-state index in [2.05, 4.69) is 44.7 Å². The van der Waals surface area contributed by atoms with E-state index in [1.165, 1.54) is 11.1 Å². The minimum atomic E-state index is -0.292. The minimum Gasteiger partial charge on any atom is -0.493 e. The highest BCUT2D eigenvalue weighted by atomic mass is 16.6. The van der Waals surface area contributed by atoms with E-state index in [9.17, 15) is 4.79 Å². The van der Waals surface area contributed by atoms with Crippen LogP contribution < -0.4 is 9.47 Å². The van der Waals surface area contributed by atoms with Gasteiger partial charge in [0.1, 0.15) is 5.75 Å². The van der Waals surface area contributed by atoms with Crippen LogP contribution in [0.15, 0.2) is 28.7 Å². The highest BCUT2D eigenvalue weighted by Crippen LogP contribution is 2.44. The molecule has 29 heavy (non-hydrogen) atoms. The van der Waals surface area contributed by atoms with Gasteiger partial charge in [-0.25, -0.2) is 0 Å². The molecule has 154 valence electrons. The summed E-state index contributed by atoms with van der Waals surface area (Å²) in [5.41, 5.74) is 3.59. The fourth-order valence-corrected chi connectivity index (χ4v) is 3.98. The van der Waals surface area contributed by atoms with Crippen molar-refractivity contribution >= 4 is 5.97 Å². The molecule has 0 bridgehead atoms. The van der Waals surface area contributed by atoms with Crippen LogP contribution in [-0.2, 0) is 16.6 Å². The Bertz CT molecular complexity index is 922. The number of benzene rings is 1. The smallest absolute Gasteiger partial charge is 0.313 e. The summed E-state index contributed by atoms with van der Waals surface area (Å²) in [5, 5.41) is 0. The van der Waals surface area contributed by atoms with Crippen molar-refractivity contribution in [2.45, 2.75) is 71.6 Å². The van der Waals surface area contributed by atoms with Crippen LogP contribution in [0.4, 0.5) is 0 Å². The van der Waals surface area contributed by atoms with Crippen LogP contribution in [0.3, 0.4) is 0 Å². The molecule has 1 aliphatic heterocycles. The second-order valence-electron chi connectivity index (χ2n) is 7.54. The number of ether oxygens (including phenoxy) is 2. The van der Waals surface area contributed by atoms with E-state index >= 15 is 0 Å². The molecule has 0 unspecified atom stereocenters. The maximum absolute atomic E-state index is 11.6. The molecule has 0 N–H and O–H groups in total. The van der Waals surface area contributed by atoms with Crippen molar-refractivity contribution in [2.24, 2.45) is 0 Å². The molecule has 1 aliphatic rings. The van der Waals surface area contributed by atoms with Crippen molar-refractivity contribution in [3.63, 3.8) is 0 Å². The first-order chi connectivity index (χ1) is 14.0. The fraction of sp³-hybridized carbons (Fsp3) is 0.480. The molecule has 0 fully saturated rings. The van der Waals surface area contributed by atoms with Gasteiger partial charge in [-0.3, -0.25) is 4.79 Å². The van der Waals surface area contributed by atoms with Gasteiger partial charge in [0, 0.05) is 29.0 Å². The average Bonchev–Trinajstić information content (AvgIpc) is 3.18. The number of esters is 1. The predicted octanol–water partition coefficient (Wildman–Crippen LogP) is 5.79. The number of fused-ring (bicyclic) bond motifs is 1. The van der Waals surface area contributed by atoms with Crippen molar-refractivity contribution in [1.82, 2.24) is 0 Å². The topological polar surface area (TPSA) is 48.7 Å². The Hall–Kier alpha value is -2.67. The Morgan fingerprint density at radius 1 is 1.14 bits per heavy atom. The predicted molar refractivity (Wildman–Crippen MR) is 113 cm³/mol. The van der Waals surface area contributed by atoms with E-state index < -0.39 is 0 Å². The number of carbonyl (C=O) groups is 1. The number of rotatable bonds is 6. The first-order valence-electron chi connectivity index (χ1n) is 10.7. The number of hydrogen-bond donors (Lipinski definition) is 0. The maximum Gasteiger partial charge on any atom is 0.313 e. The van der Waals surface area contributed by atoms with E-state index in [1.54, 1.807) is 12.1 Å². The number of carbonyl (C=O) groups excluding carboxylic acids is 1. The largest absolute Gasteiger partial charge is 0.493 e. The molecule has 0 aliphatic carbocycles. The van der Waals surface area contributed by atoms with Gasteiger partial charge >= 0.3 is 5.97 Å². The normalized spacial score (nSPS) is 14.3. The molecule has 0 spiro atoms. The number of hydrogen-bond acceptors (Lipinski definition) is 4. The SMILES string of the molecule is CCCC(=O)Oc1ccc(C#Cc2cc3c(cc2CC)OCCC3(CC)CC)o1. The first-order valence-corrected chi connectivity index (χ1v) is 10.7. The van der Waals surface area contributed by atoms with Gasteiger partial charge in [-0.1, -0.05) is 33.6 Å². The summed E-state index contributed by atoms with van der Waals surface area (Å²) in [6, 6.07) is 7.73. The highest BCUT2D eigenvalue weighted by Gasteiger charge is 2.35. The molecule has 0 radical (unpaired) electrons. The zero-order valence-corrected chi connectivity index (χ0v) is 17.9. The van der Waals surface area contributed by atoms with E-state index in [-0.39, 0.29) is 17.3 Å². The number of aryl methyl sites for hydroxylation is 1. The lowest BCUT2D eigenvalue weighted by Crippen LogP contribution is -2.32. The van der Waals surface area contributed by atoms with Crippen LogP contribution in [-0.4, -0.2) is 12.6 Å². The Morgan fingerprint density at radius 3 is 2.62 bits per heavy atom. The van der Waals surface area contributed by atoms with Gasteiger partial charge in [-0.15, -0.1) is 0 Å². The summed E-state index contributed by atoms with van der Waals surface area (Å²) in [4.78, 5) is 11.6. The molecule has 1 aromatic heterocycles. The van der Waals surface area contributed by atoms with Crippen molar-refractivity contribution in [3.05, 3.63) is 46.7 Å². The van der Waals surface area contributed by atoms with Crippen molar-refractivity contribution in [3.8, 4) is 23.5 Å².